The lowest BCUT2D eigenvalue weighted by Crippen LogP contribution is -2.45. The van der Waals surface area contributed by atoms with Crippen molar-refractivity contribution in [1.82, 2.24) is 10.2 Å². The number of piperazine rings is 1. The van der Waals surface area contributed by atoms with Gasteiger partial charge < -0.3 is 5.32 Å². The van der Waals surface area contributed by atoms with E-state index in [4.69, 9.17) is 0 Å². The van der Waals surface area contributed by atoms with Gasteiger partial charge in [-0.25, -0.2) is 4.39 Å². The molecular weight excluding hydrogens is 308 g/mol. The summed E-state index contributed by atoms with van der Waals surface area (Å²) in [7, 11) is 0. The van der Waals surface area contributed by atoms with Crippen LogP contribution >= 0.6 is 12.4 Å². The molecule has 0 aliphatic carbocycles. The summed E-state index contributed by atoms with van der Waals surface area (Å²) in [5.74, 6) is -0.432. The first-order valence-electron chi connectivity index (χ1n) is 6.73. The maximum atomic E-state index is 13.9. The van der Waals surface area contributed by atoms with Crippen molar-refractivity contribution in [2.24, 2.45) is 0 Å². The Bertz CT molecular complexity index is 433. The third-order valence-corrected chi connectivity index (χ3v) is 3.56. The molecule has 1 aromatic rings. The molecule has 1 aliphatic heterocycles. The third-order valence-electron chi connectivity index (χ3n) is 3.56. The summed E-state index contributed by atoms with van der Waals surface area (Å²) in [6.45, 7) is 2.71. The minimum absolute atomic E-state index is 0. The average Bonchev–Trinajstić information content (AvgIpc) is 2.41. The van der Waals surface area contributed by atoms with Crippen LogP contribution in [0.3, 0.4) is 0 Å². The molecule has 120 valence electrons. The van der Waals surface area contributed by atoms with E-state index >= 15 is 0 Å². The fourth-order valence-electron chi connectivity index (χ4n) is 2.57. The Morgan fingerprint density at radius 2 is 1.76 bits per heavy atom. The largest absolute Gasteiger partial charge is 0.389 e. The minimum atomic E-state index is -4.21. The van der Waals surface area contributed by atoms with Crippen molar-refractivity contribution >= 4 is 12.4 Å². The number of halogens is 5. The molecule has 1 heterocycles. The molecule has 0 unspecified atom stereocenters. The molecule has 7 heteroatoms. The third kappa shape index (κ3) is 5.45. The highest BCUT2D eigenvalue weighted by Crippen LogP contribution is 2.32. The lowest BCUT2D eigenvalue weighted by Gasteiger charge is -2.35. The van der Waals surface area contributed by atoms with Crippen LogP contribution in [0, 0.1) is 5.82 Å². The summed E-state index contributed by atoms with van der Waals surface area (Å²) >= 11 is 0. The summed E-state index contributed by atoms with van der Waals surface area (Å²) < 4.78 is 51.3. The summed E-state index contributed by atoms with van der Waals surface area (Å²) in [6, 6.07) is 5.59. The molecule has 1 aromatic carbocycles. The molecular formula is C14H19ClF4N2. The maximum absolute atomic E-state index is 13.9. The fraction of sp³-hybridized carbons (Fsp3) is 0.571. The van der Waals surface area contributed by atoms with Crippen LogP contribution in [0.5, 0.6) is 0 Å². The van der Waals surface area contributed by atoms with Crippen molar-refractivity contribution in [2.75, 3.05) is 26.2 Å². The van der Waals surface area contributed by atoms with Gasteiger partial charge in [-0.3, -0.25) is 4.90 Å². The van der Waals surface area contributed by atoms with Gasteiger partial charge in [0.25, 0.3) is 0 Å². The first kappa shape index (κ1) is 18.2. The predicted molar refractivity (Wildman–Crippen MR) is 76.1 cm³/mol. The minimum Gasteiger partial charge on any atom is -0.314 e. The number of rotatable bonds is 4. The molecule has 1 aliphatic rings. The van der Waals surface area contributed by atoms with Gasteiger partial charge in [0.15, 0.2) is 0 Å². The maximum Gasteiger partial charge on any atom is 0.389 e. The van der Waals surface area contributed by atoms with Gasteiger partial charge in [0.05, 0.1) is 0 Å². The van der Waals surface area contributed by atoms with E-state index in [0.29, 0.717) is 18.7 Å². The number of hydrogen-bond acceptors (Lipinski definition) is 2. The van der Waals surface area contributed by atoms with Gasteiger partial charge >= 0.3 is 6.18 Å². The van der Waals surface area contributed by atoms with Crippen LogP contribution in [-0.2, 0) is 0 Å². The zero-order valence-electron chi connectivity index (χ0n) is 11.5. The highest BCUT2D eigenvalue weighted by molar-refractivity contribution is 5.85. The first-order chi connectivity index (χ1) is 9.47. The first-order valence-corrected chi connectivity index (χ1v) is 6.73. The van der Waals surface area contributed by atoms with Crippen LogP contribution in [0.25, 0.3) is 0 Å². The quantitative estimate of drug-likeness (QED) is 0.851. The van der Waals surface area contributed by atoms with E-state index in [2.05, 4.69) is 5.32 Å². The standard InChI is InChI=1S/C14H18F4N2.ClH/c15-12-4-2-1-3-11(12)13(5-6-14(16,17)18)20-9-7-19-8-10-20;/h1-4,13,19H,5-10H2;1H/t13-;/m0./s1. The van der Waals surface area contributed by atoms with Crippen LogP contribution in [0.1, 0.15) is 24.4 Å². The molecule has 21 heavy (non-hydrogen) atoms. The van der Waals surface area contributed by atoms with Crippen LogP contribution in [0.2, 0.25) is 0 Å². The molecule has 0 aromatic heterocycles. The lowest BCUT2D eigenvalue weighted by atomic mass is 9.99. The Balaban J connectivity index is 0.00000220. The van der Waals surface area contributed by atoms with Crippen molar-refractivity contribution in [3.63, 3.8) is 0 Å². The van der Waals surface area contributed by atoms with Gasteiger partial charge in [-0.1, -0.05) is 18.2 Å². The van der Waals surface area contributed by atoms with Crippen molar-refractivity contribution in [2.45, 2.75) is 25.1 Å². The molecule has 2 rings (SSSR count). The molecule has 0 bridgehead atoms. The van der Waals surface area contributed by atoms with Crippen molar-refractivity contribution in [3.8, 4) is 0 Å². The monoisotopic (exact) mass is 326 g/mol. The molecule has 0 spiro atoms. The highest BCUT2D eigenvalue weighted by atomic mass is 35.5. The predicted octanol–water partition coefficient (Wildman–Crippen LogP) is 3.54. The van der Waals surface area contributed by atoms with Crippen LogP contribution in [0.15, 0.2) is 24.3 Å². The fourth-order valence-corrected chi connectivity index (χ4v) is 2.57. The molecule has 0 radical (unpaired) electrons. The summed E-state index contributed by atoms with van der Waals surface area (Å²) in [5, 5.41) is 3.15. The van der Waals surface area contributed by atoms with E-state index in [1.165, 1.54) is 6.07 Å². The van der Waals surface area contributed by atoms with E-state index < -0.39 is 24.5 Å². The van der Waals surface area contributed by atoms with E-state index in [0.717, 1.165) is 13.1 Å². The number of benzene rings is 1. The topological polar surface area (TPSA) is 15.3 Å². The molecule has 1 N–H and O–H groups in total. The van der Waals surface area contributed by atoms with Gasteiger partial charge in [-0.05, 0) is 12.5 Å². The molecule has 1 atom stereocenters. The van der Waals surface area contributed by atoms with Crippen molar-refractivity contribution in [1.29, 1.82) is 0 Å². The number of alkyl halides is 3. The Labute approximate surface area is 127 Å². The Morgan fingerprint density at radius 3 is 2.33 bits per heavy atom. The Kier molecular flexibility index (Phi) is 6.90. The van der Waals surface area contributed by atoms with Gasteiger partial charge in [0.1, 0.15) is 5.82 Å². The molecule has 1 fully saturated rings. The average molecular weight is 327 g/mol. The van der Waals surface area contributed by atoms with Crippen molar-refractivity contribution in [3.05, 3.63) is 35.6 Å². The smallest absolute Gasteiger partial charge is 0.314 e. The molecule has 1 saturated heterocycles. The van der Waals surface area contributed by atoms with Crippen LogP contribution < -0.4 is 5.32 Å². The van der Waals surface area contributed by atoms with Crippen LogP contribution in [-0.4, -0.2) is 37.3 Å². The zero-order valence-corrected chi connectivity index (χ0v) is 12.3. The molecule has 2 nitrogen and oxygen atoms in total. The van der Waals surface area contributed by atoms with Crippen LogP contribution in [0.4, 0.5) is 17.6 Å². The van der Waals surface area contributed by atoms with E-state index in [1.807, 2.05) is 4.90 Å². The number of nitrogens with one attached hydrogen (secondary N) is 1. The van der Waals surface area contributed by atoms with Gasteiger partial charge in [0, 0.05) is 44.2 Å². The second-order valence-corrected chi connectivity index (χ2v) is 4.98. The van der Waals surface area contributed by atoms with E-state index in [1.54, 1.807) is 18.2 Å². The van der Waals surface area contributed by atoms with Crippen molar-refractivity contribution < 1.29 is 17.6 Å². The van der Waals surface area contributed by atoms with Gasteiger partial charge in [-0.15, -0.1) is 12.4 Å². The molecule has 0 saturated carbocycles. The Morgan fingerprint density at radius 1 is 1.14 bits per heavy atom. The van der Waals surface area contributed by atoms with Gasteiger partial charge in [0.2, 0.25) is 0 Å². The number of nitrogens with zero attached hydrogens (tertiary/aromatic N) is 1. The second-order valence-electron chi connectivity index (χ2n) is 4.98. The normalized spacial score (nSPS) is 18.1. The van der Waals surface area contributed by atoms with E-state index in [9.17, 15) is 17.6 Å². The Hall–Kier alpha value is -0.850. The van der Waals surface area contributed by atoms with Gasteiger partial charge in [-0.2, -0.15) is 13.2 Å². The van der Waals surface area contributed by atoms with E-state index in [-0.39, 0.29) is 18.8 Å². The lowest BCUT2D eigenvalue weighted by molar-refractivity contribution is -0.138. The zero-order chi connectivity index (χ0) is 14.6. The summed E-state index contributed by atoms with van der Waals surface area (Å²) in [5.41, 5.74) is 0.360. The SMILES string of the molecule is Cl.Fc1ccccc1[C@H](CCC(F)(F)F)N1CCNCC1. The summed E-state index contributed by atoms with van der Waals surface area (Å²) in [6.07, 6.45) is -5.21. The summed E-state index contributed by atoms with van der Waals surface area (Å²) in [4.78, 5) is 1.93. The number of hydrogen-bond donors (Lipinski definition) is 1. The second kappa shape index (κ2) is 7.96. The molecule has 0 amide bonds. The highest BCUT2D eigenvalue weighted by Gasteiger charge is 2.32.